The molecule has 2 heterocycles. The highest BCUT2D eigenvalue weighted by Crippen LogP contribution is 2.15. The molecule has 0 aromatic heterocycles. The summed E-state index contributed by atoms with van der Waals surface area (Å²) in [6, 6.07) is 0.709. The number of ether oxygens (including phenoxy) is 1. The molecule has 2 aliphatic heterocycles. The summed E-state index contributed by atoms with van der Waals surface area (Å²) in [6.07, 6.45) is 3.97. The van der Waals surface area contributed by atoms with Crippen molar-refractivity contribution in [3.63, 3.8) is 0 Å². The average molecular weight is 249 g/mol. The van der Waals surface area contributed by atoms with Gasteiger partial charge < -0.3 is 15.0 Å². The SMILES string of the molecule is CN(C(=O)CC1CCCN1)C1CCOC1.Cl. The van der Waals surface area contributed by atoms with Crippen molar-refractivity contribution in [3.8, 4) is 0 Å². The monoisotopic (exact) mass is 248 g/mol. The number of rotatable bonds is 3. The molecule has 94 valence electrons. The van der Waals surface area contributed by atoms with Gasteiger partial charge in [0.15, 0.2) is 0 Å². The van der Waals surface area contributed by atoms with E-state index in [1.165, 1.54) is 6.42 Å². The average Bonchev–Trinajstić information content (AvgIpc) is 2.88. The second-order valence-electron chi connectivity index (χ2n) is 4.52. The Morgan fingerprint density at radius 1 is 1.50 bits per heavy atom. The van der Waals surface area contributed by atoms with E-state index in [1.54, 1.807) is 0 Å². The molecule has 0 bridgehead atoms. The molecule has 0 saturated carbocycles. The Balaban J connectivity index is 0.00000128. The first-order valence-electron chi connectivity index (χ1n) is 5.84. The summed E-state index contributed by atoms with van der Waals surface area (Å²) in [7, 11) is 1.90. The molecule has 0 aromatic carbocycles. The standard InChI is InChI=1S/C11H20N2O2.ClH/c1-13(10-4-6-15-8-10)11(14)7-9-3-2-5-12-9;/h9-10,12H,2-8H2,1H3;1H. The number of hydrogen-bond acceptors (Lipinski definition) is 3. The van der Waals surface area contributed by atoms with Crippen LogP contribution in [0.1, 0.15) is 25.7 Å². The van der Waals surface area contributed by atoms with E-state index in [2.05, 4.69) is 5.32 Å². The van der Waals surface area contributed by atoms with E-state index >= 15 is 0 Å². The lowest BCUT2D eigenvalue weighted by molar-refractivity contribution is -0.132. The second-order valence-corrected chi connectivity index (χ2v) is 4.52. The summed E-state index contributed by atoms with van der Waals surface area (Å²) in [5.41, 5.74) is 0. The molecule has 2 fully saturated rings. The van der Waals surface area contributed by atoms with Crippen molar-refractivity contribution in [2.45, 2.75) is 37.8 Å². The lowest BCUT2D eigenvalue weighted by Crippen LogP contribution is -2.40. The van der Waals surface area contributed by atoms with Crippen LogP contribution >= 0.6 is 12.4 Å². The Labute approximate surface area is 103 Å². The molecule has 5 heteroatoms. The number of amides is 1. The van der Waals surface area contributed by atoms with Crippen LogP contribution in [0.3, 0.4) is 0 Å². The van der Waals surface area contributed by atoms with Crippen LogP contribution in [0.4, 0.5) is 0 Å². The van der Waals surface area contributed by atoms with Crippen LogP contribution in [0, 0.1) is 0 Å². The molecule has 2 unspecified atom stereocenters. The lowest BCUT2D eigenvalue weighted by Gasteiger charge is -2.24. The number of carbonyl (C=O) groups is 1. The van der Waals surface area contributed by atoms with Crippen LogP contribution in [0.2, 0.25) is 0 Å². The third kappa shape index (κ3) is 3.34. The number of nitrogens with zero attached hydrogens (tertiary/aromatic N) is 1. The lowest BCUT2D eigenvalue weighted by atomic mass is 10.1. The highest BCUT2D eigenvalue weighted by atomic mass is 35.5. The van der Waals surface area contributed by atoms with E-state index < -0.39 is 0 Å². The Kier molecular flexibility index (Phi) is 5.52. The smallest absolute Gasteiger partial charge is 0.224 e. The Morgan fingerprint density at radius 2 is 2.31 bits per heavy atom. The summed E-state index contributed by atoms with van der Waals surface area (Å²) in [6.45, 7) is 2.57. The van der Waals surface area contributed by atoms with E-state index in [0.29, 0.717) is 25.1 Å². The predicted molar refractivity (Wildman–Crippen MR) is 64.9 cm³/mol. The van der Waals surface area contributed by atoms with Crippen molar-refractivity contribution in [2.75, 3.05) is 26.8 Å². The van der Waals surface area contributed by atoms with Crippen molar-refractivity contribution < 1.29 is 9.53 Å². The fourth-order valence-electron chi connectivity index (χ4n) is 2.32. The molecule has 2 atom stereocenters. The molecule has 2 rings (SSSR count). The summed E-state index contributed by atoms with van der Waals surface area (Å²) in [5, 5.41) is 3.35. The molecule has 1 amide bonds. The van der Waals surface area contributed by atoms with Gasteiger partial charge in [0.2, 0.25) is 5.91 Å². The third-order valence-corrected chi connectivity index (χ3v) is 3.43. The molecule has 1 N–H and O–H groups in total. The van der Waals surface area contributed by atoms with Crippen LogP contribution in [0.5, 0.6) is 0 Å². The van der Waals surface area contributed by atoms with E-state index in [4.69, 9.17) is 4.74 Å². The van der Waals surface area contributed by atoms with Gasteiger partial charge in [0.1, 0.15) is 0 Å². The maximum absolute atomic E-state index is 11.9. The van der Waals surface area contributed by atoms with Crippen LogP contribution in [-0.2, 0) is 9.53 Å². The van der Waals surface area contributed by atoms with Crippen molar-refractivity contribution in [2.24, 2.45) is 0 Å². The zero-order valence-electron chi connectivity index (χ0n) is 9.78. The highest BCUT2D eigenvalue weighted by Gasteiger charge is 2.26. The van der Waals surface area contributed by atoms with Gasteiger partial charge in [-0.05, 0) is 25.8 Å². The van der Waals surface area contributed by atoms with E-state index in [-0.39, 0.29) is 18.3 Å². The normalized spacial score (nSPS) is 28.8. The molecule has 2 saturated heterocycles. The first-order valence-corrected chi connectivity index (χ1v) is 5.84. The third-order valence-electron chi connectivity index (χ3n) is 3.43. The molecule has 0 aliphatic carbocycles. The van der Waals surface area contributed by atoms with Gasteiger partial charge in [-0.2, -0.15) is 0 Å². The van der Waals surface area contributed by atoms with Crippen LogP contribution < -0.4 is 5.32 Å². The highest BCUT2D eigenvalue weighted by molar-refractivity contribution is 5.85. The first-order chi connectivity index (χ1) is 7.27. The first kappa shape index (κ1) is 13.7. The van der Waals surface area contributed by atoms with Gasteiger partial charge in [0.05, 0.1) is 12.6 Å². The van der Waals surface area contributed by atoms with Gasteiger partial charge in [-0.15, -0.1) is 12.4 Å². The van der Waals surface area contributed by atoms with Gasteiger partial charge >= 0.3 is 0 Å². The zero-order valence-corrected chi connectivity index (χ0v) is 10.6. The summed E-state index contributed by atoms with van der Waals surface area (Å²) < 4.78 is 5.29. The van der Waals surface area contributed by atoms with Crippen LogP contribution in [0.15, 0.2) is 0 Å². The van der Waals surface area contributed by atoms with Gasteiger partial charge in [0, 0.05) is 26.1 Å². The zero-order chi connectivity index (χ0) is 10.7. The van der Waals surface area contributed by atoms with Gasteiger partial charge in [-0.3, -0.25) is 4.79 Å². The topological polar surface area (TPSA) is 41.6 Å². The maximum Gasteiger partial charge on any atom is 0.224 e. The quantitative estimate of drug-likeness (QED) is 0.803. The summed E-state index contributed by atoms with van der Waals surface area (Å²) >= 11 is 0. The maximum atomic E-state index is 11.9. The molecule has 0 aromatic rings. The minimum atomic E-state index is 0. The summed E-state index contributed by atoms with van der Waals surface area (Å²) in [4.78, 5) is 13.8. The van der Waals surface area contributed by atoms with Crippen LogP contribution in [-0.4, -0.2) is 49.7 Å². The largest absolute Gasteiger partial charge is 0.379 e. The van der Waals surface area contributed by atoms with E-state index in [0.717, 1.165) is 26.0 Å². The molecule has 16 heavy (non-hydrogen) atoms. The van der Waals surface area contributed by atoms with E-state index in [1.807, 2.05) is 11.9 Å². The predicted octanol–water partition coefficient (Wildman–Crippen LogP) is 0.798. The second kappa shape index (κ2) is 6.42. The molecular formula is C11H21ClN2O2. The van der Waals surface area contributed by atoms with Crippen molar-refractivity contribution in [1.82, 2.24) is 10.2 Å². The molecule has 4 nitrogen and oxygen atoms in total. The summed E-state index contributed by atoms with van der Waals surface area (Å²) in [5.74, 6) is 0.255. The molecular weight excluding hydrogens is 228 g/mol. The van der Waals surface area contributed by atoms with Gasteiger partial charge in [-0.25, -0.2) is 0 Å². The Morgan fingerprint density at radius 3 is 2.88 bits per heavy atom. The molecule has 0 radical (unpaired) electrons. The minimum Gasteiger partial charge on any atom is -0.379 e. The number of halogens is 1. The Hall–Kier alpha value is -0.320. The molecule has 0 spiro atoms. The van der Waals surface area contributed by atoms with E-state index in [9.17, 15) is 4.79 Å². The van der Waals surface area contributed by atoms with Crippen LogP contribution in [0.25, 0.3) is 0 Å². The molecule has 2 aliphatic rings. The number of hydrogen-bond donors (Lipinski definition) is 1. The van der Waals surface area contributed by atoms with Gasteiger partial charge in [0.25, 0.3) is 0 Å². The Bertz CT molecular complexity index is 226. The number of likely N-dealkylation sites (N-methyl/N-ethyl adjacent to an activating group) is 1. The fraction of sp³-hybridized carbons (Fsp3) is 0.909. The van der Waals surface area contributed by atoms with Crippen molar-refractivity contribution in [3.05, 3.63) is 0 Å². The van der Waals surface area contributed by atoms with Crippen molar-refractivity contribution in [1.29, 1.82) is 0 Å². The van der Waals surface area contributed by atoms with Gasteiger partial charge in [-0.1, -0.05) is 0 Å². The minimum absolute atomic E-state index is 0. The number of nitrogens with one attached hydrogen (secondary N) is 1. The number of carbonyl (C=O) groups excluding carboxylic acids is 1. The fourth-order valence-corrected chi connectivity index (χ4v) is 2.32. The van der Waals surface area contributed by atoms with Crippen molar-refractivity contribution >= 4 is 18.3 Å².